The van der Waals surface area contributed by atoms with Crippen molar-refractivity contribution in [1.29, 1.82) is 0 Å². The molecule has 0 bridgehead atoms. The maximum absolute atomic E-state index is 5.47. The van der Waals surface area contributed by atoms with Gasteiger partial charge in [0.15, 0.2) is 0 Å². The maximum atomic E-state index is 5.47. The second kappa shape index (κ2) is 4.18. The van der Waals surface area contributed by atoms with Crippen LogP contribution in [0.2, 0.25) is 0 Å². The second-order valence-electron chi connectivity index (χ2n) is 4.12. The van der Waals surface area contributed by atoms with Gasteiger partial charge in [0.1, 0.15) is 0 Å². The Morgan fingerprint density at radius 1 is 1.24 bits per heavy atom. The van der Waals surface area contributed by atoms with Crippen LogP contribution in [0.4, 0.5) is 6.01 Å². The van der Waals surface area contributed by atoms with E-state index in [4.69, 9.17) is 10.2 Å². The molecule has 0 saturated carbocycles. The number of nitrogens with two attached hydrogens (primary N) is 1. The van der Waals surface area contributed by atoms with E-state index >= 15 is 0 Å². The molecule has 88 valence electrons. The van der Waals surface area contributed by atoms with Crippen molar-refractivity contribution in [3.63, 3.8) is 0 Å². The van der Waals surface area contributed by atoms with E-state index in [1.54, 1.807) is 0 Å². The highest BCUT2D eigenvalue weighted by Crippen LogP contribution is 2.23. The molecule has 0 atom stereocenters. The lowest BCUT2D eigenvalue weighted by atomic mass is 10.0. The Labute approximate surface area is 99.2 Å². The molecule has 0 fully saturated rings. The van der Waals surface area contributed by atoms with Crippen LogP contribution in [0.5, 0.6) is 0 Å². The van der Waals surface area contributed by atoms with E-state index in [1.807, 2.05) is 0 Å². The van der Waals surface area contributed by atoms with Crippen LogP contribution in [0.1, 0.15) is 17.0 Å². The van der Waals surface area contributed by atoms with Gasteiger partial charge < -0.3 is 15.1 Å². The lowest BCUT2D eigenvalue weighted by Crippen LogP contribution is -2.30. The van der Waals surface area contributed by atoms with Crippen LogP contribution >= 0.6 is 0 Å². The van der Waals surface area contributed by atoms with Crippen molar-refractivity contribution in [2.75, 3.05) is 11.4 Å². The summed E-state index contributed by atoms with van der Waals surface area (Å²) in [6.07, 6.45) is 1.01. The molecular weight excluding hydrogens is 216 g/mol. The largest absolute Gasteiger partial charge is 0.407 e. The fourth-order valence-corrected chi connectivity index (χ4v) is 2.11. The molecule has 0 saturated heterocycles. The van der Waals surface area contributed by atoms with Crippen molar-refractivity contribution < 1.29 is 4.42 Å². The summed E-state index contributed by atoms with van der Waals surface area (Å²) in [7, 11) is 0. The van der Waals surface area contributed by atoms with Gasteiger partial charge in [0.25, 0.3) is 0 Å². The van der Waals surface area contributed by atoms with Gasteiger partial charge in [-0.15, -0.1) is 5.10 Å². The van der Waals surface area contributed by atoms with Crippen LogP contribution in [-0.4, -0.2) is 16.7 Å². The van der Waals surface area contributed by atoms with Crippen LogP contribution in [-0.2, 0) is 19.5 Å². The molecule has 17 heavy (non-hydrogen) atoms. The second-order valence-corrected chi connectivity index (χ2v) is 4.12. The first-order valence-electron chi connectivity index (χ1n) is 5.71. The first kappa shape index (κ1) is 10.3. The van der Waals surface area contributed by atoms with E-state index < -0.39 is 0 Å². The van der Waals surface area contributed by atoms with E-state index in [2.05, 4.69) is 39.4 Å². The van der Waals surface area contributed by atoms with Gasteiger partial charge in [-0.25, -0.2) is 0 Å². The van der Waals surface area contributed by atoms with Crippen molar-refractivity contribution in [3.05, 3.63) is 41.3 Å². The minimum absolute atomic E-state index is 0.289. The minimum Gasteiger partial charge on any atom is -0.407 e. The highest BCUT2D eigenvalue weighted by molar-refractivity contribution is 5.37. The summed E-state index contributed by atoms with van der Waals surface area (Å²) in [6, 6.07) is 9.02. The van der Waals surface area contributed by atoms with Crippen LogP contribution in [0.25, 0.3) is 0 Å². The molecule has 1 aliphatic heterocycles. The topological polar surface area (TPSA) is 68.2 Å². The van der Waals surface area contributed by atoms with E-state index in [0.717, 1.165) is 19.5 Å². The third-order valence-electron chi connectivity index (χ3n) is 3.03. The minimum atomic E-state index is 0.289. The number of hydrogen-bond acceptors (Lipinski definition) is 5. The van der Waals surface area contributed by atoms with Crippen LogP contribution in [0, 0.1) is 0 Å². The summed E-state index contributed by atoms with van der Waals surface area (Å²) in [5.41, 5.74) is 8.18. The third-order valence-corrected chi connectivity index (χ3v) is 3.03. The zero-order valence-electron chi connectivity index (χ0n) is 9.47. The summed E-state index contributed by atoms with van der Waals surface area (Å²) in [5.74, 6) is 0.485. The Bertz CT molecular complexity index is 523. The molecule has 1 aliphatic rings. The number of anilines is 1. The quantitative estimate of drug-likeness (QED) is 0.836. The standard InChI is InChI=1S/C12H14N4O/c13-7-11-14-15-12(17-11)16-6-5-9-3-1-2-4-10(9)8-16/h1-4H,5-8,13H2. The monoisotopic (exact) mass is 230 g/mol. The fraction of sp³-hybridized carbons (Fsp3) is 0.333. The van der Waals surface area contributed by atoms with Crippen molar-refractivity contribution in [3.8, 4) is 0 Å². The molecule has 3 rings (SSSR count). The molecule has 0 amide bonds. The van der Waals surface area contributed by atoms with Crippen LogP contribution in [0.15, 0.2) is 28.7 Å². The molecule has 0 aliphatic carbocycles. The summed E-state index contributed by atoms with van der Waals surface area (Å²) in [6.45, 7) is 2.02. The van der Waals surface area contributed by atoms with Gasteiger partial charge in [0.05, 0.1) is 6.54 Å². The van der Waals surface area contributed by atoms with Crippen molar-refractivity contribution in [1.82, 2.24) is 10.2 Å². The van der Waals surface area contributed by atoms with Crippen LogP contribution < -0.4 is 10.6 Å². The highest BCUT2D eigenvalue weighted by Gasteiger charge is 2.20. The van der Waals surface area contributed by atoms with Gasteiger partial charge in [0, 0.05) is 13.1 Å². The SMILES string of the molecule is NCc1nnc(N2CCc3ccccc3C2)o1. The predicted molar refractivity (Wildman–Crippen MR) is 63.4 cm³/mol. The fourth-order valence-electron chi connectivity index (χ4n) is 2.11. The molecule has 0 unspecified atom stereocenters. The molecule has 1 aromatic carbocycles. The molecule has 2 N–H and O–H groups in total. The van der Waals surface area contributed by atoms with Gasteiger partial charge in [-0.1, -0.05) is 29.4 Å². The van der Waals surface area contributed by atoms with Gasteiger partial charge in [-0.2, -0.15) is 0 Å². The first-order chi connectivity index (χ1) is 8.36. The third kappa shape index (κ3) is 1.89. The van der Waals surface area contributed by atoms with E-state index in [0.29, 0.717) is 11.9 Å². The zero-order valence-corrected chi connectivity index (χ0v) is 9.47. The van der Waals surface area contributed by atoms with E-state index in [-0.39, 0.29) is 6.54 Å². The summed E-state index contributed by atoms with van der Waals surface area (Å²) in [5, 5.41) is 7.90. The smallest absolute Gasteiger partial charge is 0.318 e. The zero-order chi connectivity index (χ0) is 11.7. The van der Waals surface area contributed by atoms with Gasteiger partial charge >= 0.3 is 6.01 Å². The molecule has 2 heterocycles. The molecule has 2 aromatic rings. The average Bonchev–Trinajstić information content (AvgIpc) is 2.87. The van der Waals surface area contributed by atoms with E-state index in [9.17, 15) is 0 Å². The lowest BCUT2D eigenvalue weighted by molar-refractivity contribution is 0.479. The van der Waals surface area contributed by atoms with Crippen molar-refractivity contribution in [2.24, 2.45) is 5.73 Å². The van der Waals surface area contributed by atoms with Gasteiger partial charge in [-0.05, 0) is 17.5 Å². The molecule has 0 spiro atoms. The number of fused-ring (bicyclic) bond motifs is 1. The number of hydrogen-bond donors (Lipinski definition) is 1. The number of benzene rings is 1. The summed E-state index contributed by atoms with van der Waals surface area (Å²) < 4.78 is 5.47. The Kier molecular flexibility index (Phi) is 2.53. The summed E-state index contributed by atoms with van der Waals surface area (Å²) >= 11 is 0. The number of nitrogens with zero attached hydrogens (tertiary/aromatic N) is 3. The Hall–Kier alpha value is -1.88. The number of aromatic nitrogens is 2. The van der Waals surface area contributed by atoms with Gasteiger partial charge in [-0.3, -0.25) is 0 Å². The Balaban J connectivity index is 1.84. The average molecular weight is 230 g/mol. The Morgan fingerprint density at radius 3 is 2.82 bits per heavy atom. The van der Waals surface area contributed by atoms with Crippen molar-refractivity contribution >= 4 is 6.01 Å². The predicted octanol–water partition coefficient (Wildman–Crippen LogP) is 1.09. The highest BCUT2D eigenvalue weighted by atomic mass is 16.4. The molecule has 5 nitrogen and oxygen atoms in total. The van der Waals surface area contributed by atoms with Crippen LogP contribution in [0.3, 0.4) is 0 Å². The normalized spacial score (nSPS) is 14.8. The first-order valence-corrected chi connectivity index (χ1v) is 5.71. The molecule has 1 aromatic heterocycles. The van der Waals surface area contributed by atoms with E-state index in [1.165, 1.54) is 11.1 Å². The van der Waals surface area contributed by atoms with Gasteiger partial charge in [0.2, 0.25) is 5.89 Å². The molecular formula is C12H14N4O. The molecule has 5 heteroatoms. The summed E-state index contributed by atoms with van der Waals surface area (Å²) in [4.78, 5) is 2.09. The maximum Gasteiger partial charge on any atom is 0.318 e. The lowest BCUT2D eigenvalue weighted by Gasteiger charge is -2.26. The Morgan fingerprint density at radius 2 is 2.06 bits per heavy atom. The number of rotatable bonds is 2. The molecule has 0 radical (unpaired) electrons. The van der Waals surface area contributed by atoms with Crippen molar-refractivity contribution in [2.45, 2.75) is 19.5 Å².